The molecule has 2 unspecified atom stereocenters. The van der Waals surface area contributed by atoms with Gasteiger partial charge in [-0.15, -0.1) is 0 Å². The van der Waals surface area contributed by atoms with Gasteiger partial charge in [-0.3, -0.25) is 4.99 Å². The molecule has 0 radical (unpaired) electrons. The monoisotopic (exact) mass is 313 g/mol. The Kier molecular flexibility index (Phi) is 9.48. The zero-order chi connectivity index (χ0) is 16.4. The molecule has 0 aromatic heterocycles. The van der Waals surface area contributed by atoms with E-state index < -0.39 is 0 Å². The fourth-order valence-corrected chi connectivity index (χ4v) is 3.02. The summed E-state index contributed by atoms with van der Waals surface area (Å²) in [6, 6.07) is 0. The molecule has 1 heterocycles. The van der Waals surface area contributed by atoms with Gasteiger partial charge in [-0.05, 0) is 38.0 Å². The summed E-state index contributed by atoms with van der Waals surface area (Å²) in [5.74, 6) is 2.68. The first-order valence-corrected chi connectivity index (χ1v) is 8.74. The van der Waals surface area contributed by atoms with Crippen molar-refractivity contribution in [2.45, 2.75) is 40.0 Å². The van der Waals surface area contributed by atoms with E-state index in [1.807, 2.05) is 0 Å². The van der Waals surface area contributed by atoms with E-state index in [9.17, 15) is 5.11 Å². The summed E-state index contributed by atoms with van der Waals surface area (Å²) in [7, 11) is 2.10. The number of guanidine groups is 1. The summed E-state index contributed by atoms with van der Waals surface area (Å²) in [5.41, 5.74) is 0. The van der Waals surface area contributed by atoms with Gasteiger partial charge in [-0.25, -0.2) is 0 Å². The van der Waals surface area contributed by atoms with E-state index in [0.29, 0.717) is 17.8 Å². The maximum absolute atomic E-state index is 9.23. The molecule has 22 heavy (non-hydrogen) atoms. The van der Waals surface area contributed by atoms with Crippen LogP contribution in [-0.4, -0.2) is 62.5 Å². The van der Waals surface area contributed by atoms with Gasteiger partial charge in [0.1, 0.15) is 0 Å². The highest BCUT2D eigenvalue weighted by molar-refractivity contribution is 5.79. The average Bonchev–Trinajstić information content (AvgIpc) is 2.95. The Labute approximate surface area is 136 Å². The van der Waals surface area contributed by atoms with Crippen molar-refractivity contribution in [2.24, 2.45) is 22.7 Å². The summed E-state index contributed by atoms with van der Waals surface area (Å²) >= 11 is 0. The zero-order valence-corrected chi connectivity index (χ0v) is 14.8. The molecule has 1 saturated heterocycles. The van der Waals surface area contributed by atoms with Crippen molar-refractivity contribution in [1.82, 2.24) is 10.2 Å². The van der Waals surface area contributed by atoms with Gasteiger partial charge in [0.2, 0.25) is 0 Å². The molecule has 130 valence electrons. The van der Waals surface area contributed by atoms with Crippen molar-refractivity contribution in [1.29, 1.82) is 0 Å². The van der Waals surface area contributed by atoms with E-state index in [4.69, 9.17) is 9.73 Å². The van der Waals surface area contributed by atoms with Gasteiger partial charge in [-0.2, -0.15) is 0 Å². The SMILES string of the molecule is CCNC(=NCC(CCO)CC(C)C)N(C)CC1CCOC1. The summed E-state index contributed by atoms with van der Waals surface area (Å²) in [5, 5.41) is 12.6. The highest BCUT2D eigenvalue weighted by atomic mass is 16.5. The minimum absolute atomic E-state index is 0.249. The Morgan fingerprint density at radius 1 is 1.45 bits per heavy atom. The van der Waals surface area contributed by atoms with Crippen molar-refractivity contribution >= 4 is 5.96 Å². The molecule has 0 aromatic rings. The fraction of sp³-hybridized carbons (Fsp3) is 0.941. The summed E-state index contributed by atoms with van der Waals surface area (Å²) in [6.45, 7) is 11.2. The Hall–Kier alpha value is -0.810. The van der Waals surface area contributed by atoms with Gasteiger partial charge in [0, 0.05) is 45.8 Å². The van der Waals surface area contributed by atoms with Crippen molar-refractivity contribution in [3.8, 4) is 0 Å². The number of aliphatic imine (C=N–C) groups is 1. The Morgan fingerprint density at radius 3 is 2.77 bits per heavy atom. The second kappa shape index (κ2) is 10.8. The van der Waals surface area contributed by atoms with E-state index in [0.717, 1.165) is 58.1 Å². The topological polar surface area (TPSA) is 57.1 Å². The van der Waals surface area contributed by atoms with Crippen molar-refractivity contribution < 1.29 is 9.84 Å². The number of rotatable bonds is 9. The first-order valence-electron chi connectivity index (χ1n) is 8.74. The molecule has 1 aliphatic heterocycles. The lowest BCUT2D eigenvalue weighted by Crippen LogP contribution is -2.41. The Bertz CT molecular complexity index is 315. The van der Waals surface area contributed by atoms with E-state index in [2.05, 4.69) is 38.0 Å². The highest BCUT2D eigenvalue weighted by Gasteiger charge is 2.19. The van der Waals surface area contributed by atoms with Crippen LogP contribution in [0.4, 0.5) is 0 Å². The van der Waals surface area contributed by atoms with Crippen LogP contribution >= 0.6 is 0 Å². The zero-order valence-electron chi connectivity index (χ0n) is 14.8. The standard InChI is InChI=1S/C17H35N3O2/c1-5-18-17(20(4)12-16-7-9-22-13-16)19-11-15(6-8-21)10-14(2)3/h14-16,21H,5-13H2,1-4H3,(H,18,19). The molecule has 0 spiro atoms. The van der Waals surface area contributed by atoms with Crippen molar-refractivity contribution in [3.63, 3.8) is 0 Å². The molecule has 5 heteroatoms. The first kappa shape index (κ1) is 19.2. The van der Waals surface area contributed by atoms with Gasteiger partial charge < -0.3 is 20.1 Å². The molecule has 0 amide bonds. The largest absolute Gasteiger partial charge is 0.396 e. The van der Waals surface area contributed by atoms with Crippen LogP contribution in [0, 0.1) is 17.8 Å². The Balaban J connectivity index is 2.57. The van der Waals surface area contributed by atoms with E-state index in [1.165, 1.54) is 0 Å². The van der Waals surface area contributed by atoms with Crippen molar-refractivity contribution in [3.05, 3.63) is 0 Å². The molecule has 1 fully saturated rings. The Morgan fingerprint density at radius 2 is 2.23 bits per heavy atom. The predicted octanol–water partition coefficient (Wildman–Crippen LogP) is 1.96. The minimum atomic E-state index is 0.249. The molecule has 0 aliphatic carbocycles. The second-order valence-electron chi connectivity index (χ2n) is 6.81. The minimum Gasteiger partial charge on any atom is -0.396 e. The number of hydrogen-bond acceptors (Lipinski definition) is 3. The number of aliphatic hydroxyl groups excluding tert-OH is 1. The van der Waals surface area contributed by atoms with Crippen LogP contribution < -0.4 is 5.32 Å². The second-order valence-corrected chi connectivity index (χ2v) is 6.81. The summed E-state index contributed by atoms with van der Waals surface area (Å²) in [4.78, 5) is 7.02. The smallest absolute Gasteiger partial charge is 0.193 e. The molecule has 2 N–H and O–H groups in total. The average molecular weight is 313 g/mol. The van der Waals surface area contributed by atoms with Crippen LogP contribution in [0.15, 0.2) is 4.99 Å². The number of nitrogens with one attached hydrogen (secondary N) is 1. The van der Waals surface area contributed by atoms with Gasteiger partial charge in [0.15, 0.2) is 5.96 Å². The maximum Gasteiger partial charge on any atom is 0.193 e. The third kappa shape index (κ3) is 7.45. The number of ether oxygens (including phenoxy) is 1. The predicted molar refractivity (Wildman–Crippen MR) is 92.2 cm³/mol. The van der Waals surface area contributed by atoms with E-state index >= 15 is 0 Å². The van der Waals surface area contributed by atoms with Crippen molar-refractivity contribution in [2.75, 3.05) is 46.5 Å². The molecular formula is C17H35N3O2. The van der Waals surface area contributed by atoms with Crippen LogP contribution in [0.25, 0.3) is 0 Å². The van der Waals surface area contributed by atoms with E-state index in [1.54, 1.807) is 0 Å². The lowest BCUT2D eigenvalue weighted by molar-refractivity contribution is 0.181. The van der Waals surface area contributed by atoms with Gasteiger partial charge in [-0.1, -0.05) is 13.8 Å². The molecule has 5 nitrogen and oxygen atoms in total. The van der Waals surface area contributed by atoms with Gasteiger partial charge >= 0.3 is 0 Å². The van der Waals surface area contributed by atoms with Gasteiger partial charge in [0.05, 0.1) is 6.61 Å². The summed E-state index contributed by atoms with van der Waals surface area (Å²) < 4.78 is 5.46. The van der Waals surface area contributed by atoms with Crippen LogP contribution in [-0.2, 0) is 4.74 Å². The normalized spacial score (nSPS) is 20.5. The molecule has 2 atom stereocenters. The number of hydrogen-bond donors (Lipinski definition) is 2. The molecule has 0 bridgehead atoms. The summed E-state index contributed by atoms with van der Waals surface area (Å²) in [6.07, 6.45) is 3.09. The quantitative estimate of drug-likeness (QED) is 0.505. The van der Waals surface area contributed by atoms with E-state index in [-0.39, 0.29) is 6.61 Å². The van der Waals surface area contributed by atoms with Gasteiger partial charge in [0.25, 0.3) is 0 Å². The fourth-order valence-electron chi connectivity index (χ4n) is 3.02. The molecule has 0 aromatic carbocycles. The van der Waals surface area contributed by atoms with Crippen LogP contribution in [0.2, 0.25) is 0 Å². The van der Waals surface area contributed by atoms with Crippen LogP contribution in [0.1, 0.15) is 40.0 Å². The third-order valence-electron chi connectivity index (χ3n) is 4.09. The lowest BCUT2D eigenvalue weighted by Gasteiger charge is -2.25. The number of aliphatic hydroxyl groups is 1. The van der Waals surface area contributed by atoms with Crippen LogP contribution in [0.3, 0.4) is 0 Å². The number of nitrogens with zero attached hydrogens (tertiary/aromatic N) is 2. The molecule has 0 saturated carbocycles. The third-order valence-corrected chi connectivity index (χ3v) is 4.09. The molecule has 1 rings (SSSR count). The highest BCUT2D eigenvalue weighted by Crippen LogP contribution is 2.16. The maximum atomic E-state index is 9.23. The molecular weight excluding hydrogens is 278 g/mol. The lowest BCUT2D eigenvalue weighted by atomic mass is 9.94. The molecule has 1 aliphatic rings. The van der Waals surface area contributed by atoms with Crippen LogP contribution in [0.5, 0.6) is 0 Å². The first-order chi connectivity index (χ1) is 10.6.